The molecule has 5 rings (SSSR count). The van der Waals surface area contributed by atoms with Crippen molar-refractivity contribution in [2.75, 3.05) is 6.26 Å². The second-order valence-corrected chi connectivity index (χ2v) is 8.38. The van der Waals surface area contributed by atoms with Crippen molar-refractivity contribution in [2.45, 2.75) is 4.90 Å². The van der Waals surface area contributed by atoms with Gasteiger partial charge in [0, 0.05) is 17.3 Å². The lowest BCUT2D eigenvalue weighted by Gasteiger charge is -2.09. The van der Waals surface area contributed by atoms with Crippen molar-refractivity contribution >= 4 is 23.1 Å². The lowest BCUT2D eigenvalue weighted by atomic mass is 10.0. The van der Waals surface area contributed by atoms with Gasteiger partial charge in [-0.1, -0.05) is 24.3 Å². The van der Waals surface area contributed by atoms with Crippen LogP contribution in [-0.4, -0.2) is 21.2 Å². The monoisotopic (exact) mass is 459 g/mol. The van der Waals surface area contributed by atoms with E-state index in [0.717, 1.165) is 45.3 Å². The highest BCUT2D eigenvalue weighted by atomic mass is 32.2. The molecule has 5 nitrogen and oxygen atoms in total. The minimum absolute atomic E-state index is 0.793. The zero-order valence-corrected chi connectivity index (χ0v) is 19.4. The zero-order valence-electron chi connectivity index (χ0n) is 18.5. The van der Waals surface area contributed by atoms with Gasteiger partial charge in [-0.3, -0.25) is 9.97 Å². The molecule has 0 N–H and O–H groups in total. The maximum absolute atomic E-state index is 4.83. The number of hydrogen-bond acceptors (Lipinski definition) is 6. The van der Waals surface area contributed by atoms with E-state index in [9.17, 15) is 0 Å². The molecule has 0 saturated heterocycles. The van der Waals surface area contributed by atoms with Crippen molar-refractivity contribution in [1.29, 1.82) is 0 Å². The van der Waals surface area contributed by atoms with Gasteiger partial charge in [-0.15, -0.1) is 11.8 Å². The van der Waals surface area contributed by atoms with Crippen LogP contribution in [0.5, 0.6) is 0 Å². The van der Waals surface area contributed by atoms with Gasteiger partial charge in [0.25, 0.3) is 0 Å². The zero-order chi connectivity index (χ0) is 23.2. The molecule has 34 heavy (non-hydrogen) atoms. The van der Waals surface area contributed by atoms with Crippen molar-refractivity contribution in [3.63, 3.8) is 0 Å². The van der Waals surface area contributed by atoms with E-state index in [1.165, 1.54) is 4.90 Å². The van der Waals surface area contributed by atoms with Gasteiger partial charge in [0.1, 0.15) is 0 Å². The maximum atomic E-state index is 4.83. The second-order valence-electron chi connectivity index (χ2n) is 7.50. The summed E-state index contributed by atoms with van der Waals surface area (Å²) in [6, 6.07) is 31.8. The minimum Gasteiger partial charge on any atom is -0.255 e. The summed E-state index contributed by atoms with van der Waals surface area (Å²) in [7, 11) is 0. The highest BCUT2D eigenvalue weighted by Gasteiger charge is 2.10. The summed E-state index contributed by atoms with van der Waals surface area (Å²) in [6.07, 6.45) is 5.61. The van der Waals surface area contributed by atoms with E-state index in [0.29, 0.717) is 0 Å². The van der Waals surface area contributed by atoms with Crippen LogP contribution in [0.1, 0.15) is 0 Å². The van der Waals surface area contributed by atoms with Gasteiger partial charge in [0.15, 0.2) is 0 Å². The predicted molar refractivity (Wildman–Crippen MR) is 139 cm³/mol. The number of aromatic nitrogens is 3. The number of thioether (sulfide) groups is 1. The Labute approximate surface area is 202 Å². The first-order chi connectivity index (χ1) is 16.8. The van der Waals surface area contributed by atoms with E-state index >= 15 is 0 Å². The first-order valence-corrected chi connectivity index (χ1v) is 12.0. The summed E-state index contributed by atoms with van der Waals surface area (Å²) >= 11 is 1.71. The molecule has 164 valence electrons. The molecule has 0 spiro atoms. The molecule has 0 bridgehead atoms. The van der Waals surface area contributed by atoms with Gasteiger partial charge < -0.3 is 0 Å². The quantitative estimate of drug-likeness (QED) is 0.190. The van der Waals surface area contributed by atoms with Gasteiger partial charge in [0.05, 0.1) is 34.2 Å². The molecule has 0 aliphatic rings. The van der Waals surface area contributed by atoms with Crippen LogP contribution in [0, 0.1) is 0 Å². The molecule has 0 aliphatic carbocycles. The van der Waals surface area contributed by atoms with Crippen LogP contribution in [-0.2, 0) is 0 Å². The fourth-order valence-corrected chi connectivity index (χ4v) is 3.88. The Bertz CT molecular complexity index is 1340. The van der Waals surface area contributed by atoms with Crippen LogP contribution in [0.15, 0.2) is 125 Å². The number of pyridine rings is 3. The van der Waals surface area contributed by atoms with Crippen LogP contribution in [0.3, 0.4) is 0 Å². The predicted octanol–water partition coefficient (Wildman–Crippen LogP) is 8.01. The molecule has 0 unspecified atom stereocenters. The van der Waals surface area contributed by atoms with Gasteiger partial charge in [0.2, 0.25) is 0 Å². The Morgan fingerprint density at radius 3 is 1.56 bits per heavy atom. The van der Waals surface area contributed by atoms with Crippen molar-refractivity contribution in [3.05, 3.63) is 109 Å². The number of azo groups is 1. The lowest BCUT2D eigenvalue weighted by Crippen LogP contribution is -1.93. The molecule has 0 aliphatic heterocycles. The van der Waals surface area contributed by atoms with Gasteiger partial charge >= 0.3 is 0 Å². The van der Waals surface area contributed by atoms with E-state index in [2.05, 4.69) is 38.6 Å². The Morgan fingerprint density at radius 2 is 1.09 bits per heavy atom. The number of benzene rings is 2. The van der Waals surface area contributed by atoms with Crippen LogP contribution >= 0.6 is 11.8 Å². The van der Waals surface area contributed by atoms with E-state index in [1.54, 1.807) is 24.2 Å². The summed E-state index contributed by atoms with van der Waals surface area (Å²) in [6.45, 7) is 0. The molecule has 5 aromatic rings. The molecule has 0 fully saturated rings. The highest BCUT2D eigenvalue weighted by Crippen LogP contribution is 2.30. The van der Waals surface area contributed by atoms with Crippen LogP contribution in [0.2, 0.25) is 0 Å². The fourth-order valence-electron chi connectivity index (χ4n) is 3.47. The molecular weight excluding hydrogens is 438 g/mol. The number of rotatable bonds is 6. The Kier molecular flexibility index (Phi) is 6.49. The molecule has 2 aromatic carbocycles. The number of hydrogen-bond donors (Lipinski definition) is 0. The van der Waals surface area contributed by atoms with Crippen LogP contribution in [0.4, 0.5) is 11.4 Å². The van der Waals surface area contributed by atoms with Crippen molar-refractivity contribution in [2.24, 2.45) is 10.2 Å². The van der Waals surface area contributed by atoms with Crippen LogP contribution in [0.25, 0.3) is 33.9 Å². The summed E-state index contributed by atoms with van der Waals surface area (Å²) < 4.78 is 0. The first-order valence-electron chi connectivity index (χ1n) is 10.8. The summed E-state index contributed by atoms with van der Waals surface area (Å²) in [4.78, 5) is 15.0. The summed E-state index contributed by atoms with van der Waals surface area (Å²) in [5, 5.41) is 8.73. The first kappa shape index (κ1) is 21.7. The largest absolute Gasteiger partial charge is 0.255 e. The molecular formula is C28H21N5S. The Balaban J connectivity index is 1.47. The van der Waals surface area contributed by atoms with Gasteiger partial charge in [-0.25, -0.2) is 4.98 Å². The molecule has 0 amide bonds. The summed E-state index contributed by atoms with van der Waals surface area (Å²) in [5.74, 6) is 0. The average molecular weight is 460 g/mol. The molecule has 0 atom stereocenters. The number of nitrogens with zero attached hydrogens (tertiary/aromatic N) is 5. The van der Waals surface area contributed by atoms with E-state index in [-0.39, 0.29) is 0 Å². The van der Waals surface area contributed by atoms with Gasteiger partial charge in [-0.2, -0.15) is 10.2 Å². The average Bonchev–Trinajstić information content (AvgIpc) is 2.93. The smallest absolute Gasteiger partial charge is 0.0900 e. The second kappa shape index (κ2) is 10.2. The van der Waals surface area contributed by atoms with Crippen molar-refractivity contribution < 1.29 is 0 Å². The molecule has 3 heterocycles. The highest BCUT2D eigenvalue weighted by molar-refractivity contribution is 7.98. The molecule has 3 aromatic heterocycles. The van der Waals surface area contributed by atoms with Crippen molar-refractivity contribution in [3.8, 4) is 33.9 Å². The van der Waals surface area contributed by atoms with Crippen LogP contribution < -0.4 is 0 Å². The third-order valence-corrected chi connectivity index (χ3v) is 5.98. The molecule has 6 heteroatoms. The van der Waals surface area contributed by atoms with E-state index in [4.69, 9.17) is 4.98 Å². The summed E-state index contributed by atoms with van der Waals surface area (Å²) in [5.41, 5.74) is 6.96. The lowest BCUT2D eigenvalue weighted by molar-refractivity contribution is 1.22. The standard InChI is InChI=1S/C28H21N5S/c1-34-24-14-12-23(13-15-24)33-32-22-10-8-20(9-11-22)21-18-27(25-6-2-4-16-29-25)31-28(19-21)26-7-3-5-17-30-26/h2-19H,1H3. The maximum Gasteiger partial charge on any atom is 0.0900 e. The Hall–Kier alpha value is -4.16. The molecule has 0 saturated carbocycles. The minimum atomic E-state index is 0.793. The fraction of sp³-hybridized carbons (Fsp3) is 0.0357. The van der Waals surface area contributed by atoms with E-state index in [1.807, 2.05) is 84.9 Å². The third kappa shape index (κ3) is 5.08. The topological polar surface area (TPSA) is 63.4 Å². The van der Waals surface area contributed by atoms with Crippen molar-refractivity contribution in [1.82, 2.24) is 15.0 Å². The Morgan fingerprint density at radius 1 is 0.559 bits per heavy atom. The van der Waals surface area contributed by atoms with E-state index < -0.39 is 0 Å². The SMILES string of the molecule is CSc1ccc(N=Nc2ccc(-c3cc(-c4ccccn4)nc(-c4ccccn4)c3)cc2)cc1. The third-order valence-electron chi connectivity index (χ3n) is 5.23. The normalized spacial score (nSPS) is 11.1. The van der Waals surface area contributed by atoms with Gasteiger partial charge in [-0.05, 0) is 90.2 Å². The molecule has 0 radical (unpaired) electrons.